The second-order valence-corrected chi connectivity index (χ2v) is 17.3. The van der Waals surface area contributed by atoms with Crippen LogP contribution < -0.4 is 21.3 Å². The third kappa shape index (κ3) is 9.40. The molecule has 14 nitrogen and oxygen atoms in total. The Labute approximate surface area is 292 Å². The van der Waals surface area contributed by atoms with Gasteiger partial charge in [-0.15, -0.1) is 6.58 Å². The first-order valence-corrected chi connectivity index (χ1v) is 19.0. The van der Waals surface area contributed by atoms with Crippen molar-refractivity contribution in [3.63, 3.8) is 0 Å². The van der Waals surface area contributed by atoms with Crippen molar-refractivity contribution in [2.45, 2.75) is 104 Å². The summed E-state index contributed by atoms with van der Waals surface area (Å²) in [6.07, 6.45) is 6.61. The molecule has 278 valence electrons. The van der Waals surface area contributed by atoms with Gasteiger partial charge in [-0.1, -0.05) is 66.4 Å². The molecule has 0 aromatic carbocycles. The molecule has 2 saturated carbocycles. The van der Waals surface area contributed by atoms with Gasteiger partial charge in [0, 0.05) is 46.8 Å². The van der Waals surface area contributed by atoms with Crippen LogP contribution in [0, 0.1) is 29.1 Å². The summed E-state index contributed by atoms with van der Waals surface area (Å²) >= 11 is 0. The largest absolute Gasteiger partial charge is 0.346 e. The number of carbonyl (C=O) groups excluding carboxylic acids is 5. The highest BCUT2D eigenvalue weighted by Gasteiger charge is 2.69. The zero-order chi connectivity index (χ0) is 36.8. The number of nitrogens with zero attached hydrogens (tertiary/aromatic N) is 3. The fourth-order valence-corrected chi connectivity index (χ4v) is 8.40. The van der Waals surface area contributed by atoms with Gasteiger partial charge in [0.25, 0.3) is 16.1 Å². The van der Waals surface area contributed by atoms with Crippen LogP contribution in [-0.2, 0) is 29.4 Å². The smallest absolute Gasteiger partial charge is 0.315 e. The molecule has 0 bridgehead atoms. The van der Waals surface area contributed by atoms with Crippen LogP contribution in [0.15, 0.2) is 12.7 Å². The number of hydrogen-bond acceptors (Lipinski definition) is 7. The Kier molecular flexibility index (Phi) is 13.8. The average molecular weight is 710 g/mol. The molecule has 0 aromatic heterocycles. The van der Waals surface area contributed by atoms with Crippen molar-refractivity contribution in [2.75, 3.05) is 40.8 Å². The summed E-state index contributed by atoms with van der Waals surface area (Å²) in [4.78, 5) is 69.2. The first-order valence-electron chi connectivity index (χ1n) is 17.6. The molecule has 49 heavy (non-hydrogen) atoms. The van der Waals surface area contributed by atoms with Crippen molar-refractivity contribution >= 4 is 39.7 Å². The van der Waals surface area contributed by atoms with Gasteiger partial charge in [-0.2, -0.15) is 17.0 Å². The van der Waals surface area contributed by atoms with Crippen LogP contribution >= 0.6 is 0 Å². The Bertz CT molecular complexity index is 1350. The van der Waals surface area contributed by atoms with Gasteiger partial charge >= 0.3 is 6.03 Å². The summed E-state index contributed by atoms with van der Waals surface area (Å²) in [6.45, 7) is 13.8. The monoisotopic (exact) mass is 709 g/mol. The Morgan fingerprint density at radius 3 is 2.18 bits per heavy atom. The number of fused-ring (bicyclic) bond motifs is 1. The molecule has 3 rings (SSSR count). The minimum atomic E-state index is -3.71. The summed E-state index contributed by atoms with van der Waals surface area (Å²) in [5, 5.41) is 11.1. The van der Waals surface area contributed by atoms with E-state index >= 15 is 0 Å². The predicted molar refractivity (Wildman–Crippen MR) is 187 cm³/mol. The SMILES string of the molecule is C=CCNC(=O)C(=O)C(CCC)NC(=O)[C@@H]1[C@@H]2[C@H](CN1C(=O)[C@@H](NC(=O)N[C@H](CN(C)S(=O)(=O)N(C)C)C(C)C)C1CCCCC1)C2(C)C. The third-order valence-electron chi connectivity index (χ3n) is 10.7. The molecule has 2 aliphatic carbocycles. The van der Waals surface area contributed by atoms with E-state index in [9.17, 15) is 32.4 Å². The minimum absolute atomic E-state index is 0.0315. The molecule has 1 aliphatic heterocycles. The number of hydrogen-bond donors (Lipinski definition) is 4. The van der Waals surface area contributed by atoms with Crippen molar-refractivity contribution in [1.29, 1.82) is 0 Å². The van der Waals surface area contributed by atoms with Crippen LogP contribution in [0.2, 0.25) is 0 Å². The number of carbonyl (C=O) groups is 5. The minimum Gasteiger partial charge on any atom is -0.346 e. The van der Waals surface area contributed by atoms with Gasteiger partial charge in [0.05, 0.1) is 6.04 Å². The summed E-state index contributed by atoms with van der Waals surface area (Å²) in [6, 6.07) is -3.92. The predicted octanol–water partition coefficient (Wildman–Crippen LogP) is 1.64. The van der Waals surface area contributed by atoms with Crippen LogP contribution in [0.25, 0.3) is 0 Å². The van der Waals surface area contributed by atoms with E-state index in [0.29, 0.717) is 13.0 Å². The van der Waals surface area contributed by atoms with Gasteiger partial charge in [0.2, 0.25) is 17.6 Å². The quantitative estimate of drug-likeness (QED) is 0.131. The standard InChI is InChI=1S/C34H59N7O7S/c1-10-15-24(29(42)31(44)35-18-11-2)36-30(43)28-26-23(34(26,5)6)19-41(28)32(45)27(22-16-13-12-14-17-22)38-33(46)37-25(21(3)4)20-40(9)49(47,48)39(7)8/h11,21-28H,2,10,12-20H2,1,3-9H3,(H,35,44)(H,36,43)(H2,37,38,46)/t23-,24?,25+,26-,27-,28-/m0/s1. The van der Waals surface area contributed by atoms with Crippen molar-refractivity contribution in [1.82, 2.24) is 34.8 Å². The normalized spacial score (nSPS) is 23.7. The topological polar surface area (TPSA) is 177 Å². The summed E-state index contributed by atoms with van der Waals surface area (Å²) in [5.41, 5.74) is -0.196. The van der Waals surface area contributed by atoms with Gasteiger partial charge in [-0.05, 0) is 48.3 Å². The van der Waals surface area contributed by atoms with Crippen LogP contribution in [0.1, 0.15) is 79.6 Å². The zero-order valence-corrected chi connectivity index (χ0v) is 31.4. The highest BCUT2D eigenvalue weighted by molar-refractivity contribution is 7.86. The van der Waals surface area contributed by atoms with E-state index in [1.165, 1.54) is 31.5 Å². The fraction of sp³-hybridized carbons (Fsp3) is 0.794. The molecule has 4 N–H and O–H groups in total. The van der Waals surface area contributed by atoms with Crippen molar-refractivity contribution in [2.24, 2.45) is 29.1 Å². The maximum Gasteiger partial charge on any atom is 0.315 e. The Morgan fingerprint density at radius 1 is 1.00 bits per heavy atom. The molecule has 0 spiro atoms. The Morgan fingerprint density at radius 2 is 1.63 bits per heavy atom. The molecule has 6 atom stereocenters. The summed E-state index contributed by atoms with van der Waals surface area (Å²) < 4.78 is 27.6. The molecule has 1 unspecified atom stereocenters. The molecule has 1 heterocycles. The first kappa shape index (κ1) is 40.4. The van der Waals surface area contributed by atoms with E-state index in [2.05, 4.69) is 41.7 Å². The van der Waals surface area contributed by atoms with Gasteiger partial charge in [-0.25, -0.2) is 4.79 Å². The molecule has 1 saturated heterocycles. The van der Waals surface area contributed by atoms with Crippen LogP contribution in [0.3, 0.4) is 0 Å². The number of nitrogens with one attached hydrogen (secondary N) is 4. The number of Topliss-reactive ketones (excluding diaryl/α,β-unsaturated/α-hetero) is 1. The second kappa shape index (κ2) is 16.8. The number of ketones is 1. The Balaban J connectivity index is 1.84. The van der Waals surface area contributed by atoms with E-state index in [1.54, 1.807) is 4.90 Å². The number of likely N-dealkylation sites (tertiary alicyclic amines) is 1. The second-order valence-electron chi connectivity index (χ2n) is 15.0. The average Bonchev–Trinajstić information content (AvgIpc) is 3.35. The van der Waals surface area contributed by atoms with Crippen molar-refractivity contribution in [3.05, 3.63) is 12.7 Å². The molecule has 5 amide bonds. The van der Waals surface area contributed by atoms with Gasteiger partial charge in [0.15, 0.2) is 0 Å². The van der Waals surface area contributed by atoms with Crippen molar-refractivity contribution < 1.29 is 32.4 Å². The summed E-state index contributed by atoms with van der Waals surface area (Å²) in [5.74, 6) is -2.70. The van der Waals surface area contributed by atoms with Crippen LogP contribution in [-0.4, -0.2) is 116 Å². The van der Waals surface area contributed by atoms with Gasteiger partial charge < -0.3 is 26.2 Å². The maximum atomic E-state index is 14.5. The Hall–Kier alpha value is -3.04. The van der Waals surface area contributed by atoms with E-state index in [4.69, 9.17) is 0 Å². The van der Waals surface area contributed by atoms with E-state index < -0.39 is 58.0 Å². The maximum absolute atomic E-state index is 14.5. The lowest BCUT2D eigenvalue weighted by Crippen LogP contribution is -2.61. The van der Waals surface area contributed by atoms with Crippen molar-refractivity contribution in [3.8, 4) is 0 Å². The highest BCUT2D eigenvalue weighted by Crippen LogP contribution is 2.65. The van der Waals surface area contributed by atoms with Crippen LogP contribution in [0.5, 0.6) is 0 Å². The first-order chi connectivity index (χ1) is 22.9. The number of likely N-dealkylation sites (N-methyl/N-ethyl adjacent to an activating group) is 1. The molecule has 3 aliphatic rings. The lowest BCUT2D eigenvalue weighted by molar-refractivity contribution is -0.144. The number of amides is 5. The van der Waals surface area contributed by atoms with Crippen LogP contribution in [0.4, 0.5) is 4.79 Å². The molecule has 3 fully saturated rings. The highest BCUT2D eigenvalue weighted by atomic mass is 32.2. The van der Waals surface area contributed by atoms with Gasteiger partial charge in [-0.3, -0.25) is 19.2 Å². The molecular weight excluding hydrogens is 650 g/mol. The number of urea groups is 1. The zero-order valence-electron chi connectivity index (χ0n) is 30.6. The molecule has 0 radical (unpaired) electrons. The molecule has 0 aromatic rings. The number of rotatable bonds is 17. The lowest BCUT2D eigenvalue weighted by Gasteiger charge is -2.37. The van der Waals surface area contributed by atoms with E-state index in [0.717, 1.165) is 36.4 Å². The fourth-order valence-electron chi connectivity index (χ4n) is 7.49. The van der Waals surface area contributed by atoms with E-state index in [1.807, 2.05) is 20.8 Å². The molecule has 15 heteroatoms. The lowest BCUT2D eigenvalue weighted by atomic mass is 9.83. The molecular formula is C34H59N7O7S. The van der Waals surface area contributed by atoms with E-state index in [-0.39, 0.29) is 54.5 Å². The van der Waals surface area contributed by atoms with Gasteiger partial charge in [0.1, 0.15) is 12.1 Å². The summed E-state index contributed by atoms with van der Waals surface area (Å²) in [7, 11) is 0.628. The third-order valence-corrected chi connectivity index (χ3v) is 12.6. The number of piperidine rings is 1.